The number of hydrogen-bond donors (Lipinski definition) is 0. The van der Waals surface area contributed by atoms with E-state index in [-0.39, 0.29) is 12.8 Å². The first-order valence-corrected chi connectivity index (χ1v) is 10.7. The monoisotopic (exact) mass is 404 g/mol. The first-order valence-electron chi connectivity index (χ1n) is 10.7. The van der Waals surface area contributed by atoms with E-state index >= 15 is 0 Å². The molecule has 1 unspecified atom stereocenters. The van der Waals surface area contributed by atoms with Gasteiger partial charge in [0, 0.05) is 23.8 Å². The van der Waals surface area contributed by atoms with E-state index in [2.05, 4.69) is 26.9 Å². The second kappa shape index (κ2) is 8.01. The van der Waals surface area contributed by atoms with Crippen molar-refractivity contribution in [2.45, 2.75) is 50.9 Å². The van der Waals surface area contributed by atoms with Gasteiger partial charge in [0.2, 0.25) is 0 Å². The Labute approximate surface area is 175 Å². The number of benzene rings is 1. The third-order valence-corrected chi connectivity index (χ3v) is 6.16. The predicted molar refractivity (Wildman–Crippen MR) is 116 cm³/mol. The lowest BCUT2D eigenvalue weighted by molar-refractivity contribution is -0.108. The molecular weight excluding hydrogens is 379 g/mol. The Kier molecular flexibility index (Phi) is 5.07. The number of carbonyl (C=O) groups is 1. The zero-order valence-corrected chi connectivity index (χ0v) is 16.9. The third kappa shape index (κ3) is 3.30. The molecule has 1 atom stereocenters. The zero-order valence-electron chi connectivity index (χ0n) is 16.9. The van der Waals surface area contributed by atoms with Crippen LogP contribution in [0.5, 0.6) is 0 Å². The molecule has 30 heavy (non-hydrogen) atoms. The summed E-state index contributed by atoms with van der Waals surface area (Å²) in [5, 5.41) is 2.25. The van der Waals surface area contributed by atoms with E-state index in [0.717, 1.165) is 65.4 Å². The number of hydrogen-bond acceptors (Lipinski definition) is 5. The van der Waals surface area contributed by atoms with Crippen molar-refractivity contribution >= 4 is 28.4 Å². The van der Waals surface area contributed by atoms with E-state index in [4.69, 9.17) is 4.98 Å². The number of pyridine rings is 2. The zero-order chi connectivity index (χ0) is 20.5. The third-order valence-electron chi connectivity index (χ3n) is 6.16. The molecule has 154 valence electrons. The first-order chi connectivity index (χ1) is 14.8. The highest BCUT2D eigenvalue weighted by Gasteiger charge is 2.43. The quantitative estimate of drug-likeness (QED) is 0.410. The number of rotatable bonds is 8. The molecule has 2 aliphatic rings. The van der Waals surface area contributed by atoms with Crippen LogP contribution in [0, 0.1) is 0 Å². The van der Waals surface area contributed by atoms with Crippen LogP contribution in [-0.2, 0) is 17.8 Å². The standard InChI is InChI=1S/C24H25FN4O/c25-11-4-3-7-20-19-6-2-1-5-17(19)13-27-21(20)15-28-23-14-26-12-10-22(23)29(18-8-9-18)24(28)16-30/h1-2,5-6,10,12-14,16,18,24H,3-4,7-9,11,15H2. The Morgan fingerprint density at radius 2 is 1.97 bits per heavy atom. The van der Waals surface area contributed by atoms with E-state index in [0.29, 0.717) is 19.0 Å². The highest BCUT2D eigenvalue weighted by atomic mass is 19.1. The second-order valence-electron chi connectivity index (χ2n) is 8.10. The molecule has 0 spiro atoms. The summed E-state index contributed by atoms with van der Waals surface area (Å²) < 4.78 is 12.7. The smallest absolute Gasteiger partial charge is 0.163 e. The molecule has 1 aromatic carbocycles. The largest absolute Gasteiger partial charge is 0.340 e. The van der Waals surface area contributed by atoms with Crippen molar-refractivity contribution in [2.75, 3.05) is 16.5 Å². The summed E-state index contributed by atoms with van der Waals surface area (Å²) in [6, 6.07) is 10.6. The number of anilines is 2. The number of aromatic nitrogens is 2. The summed E-state index contributed by atoms with van der Waals surface area (Å²) in [5.41, 5.74) is 4.16. The SMILES string of the molecule is O=CC1N(Cc2ncc3ccccc3c2CCCCF)c2cnccc2N1C1CC1. The maximum Gasteiger partial charge on any atom is 0.163 e. The molecule has 3 heterocycles. The molecule has 6 heteroatoms. The van der Waals surface area contributed by atoms with Gasteiger partial charge in [-0.3, -0.25) is 19.2 Å². The van der Waals surface area contributed by atoms with E-state index < -0.39 is 0 Å². The molecule has 1 saturated carbocycles. The van der Waals surface area contributed by atoms with E-state index in [1.165, 1.54) is 0 Å². The van der Waals surface area contributed by atoms with Gasteiger partial charge in [-0.15, -0.1) is 0 Å². The van der Waals surface area contributed by atoms with Gasteiger partial charge in [0.1, 0.15) is 0 Å². The number of alkyl halides is 1. The summed E-state index contributed by atoms with van der Waals surface area (Å²) in [5.74, 6) is 0. The number of aryl methyl sites for hydroxylation is 1. The Morgan fingerprint density at radius 3 is 2.77 bits per heavy atom. The summed E-state index contributed by atoms with van der Waals surface area (Å²) >= 11 is 0. The van der Waals surface area contributed by atoms with Crippen molar-refractivity contribution in [3.8, 4) is 0 Å². The molecule has 5 nitrogen and oxygen atoms in total. The summed E-state index contributed by atoms with van der Waals surface area (Å²) in [6.07, 6.45) is 10.6. The lowest BCUT2D eigenvalue weighted by atomic mass is 9.99. The maximum atomic E-state index is 12.7. The average Bonchev–Trinajstić information content (AvgIpc) is 3.58. The van der Waals surface area contributed by atoms with Gasteiger partial charge in [0.05, 0.1) is 36.5 Å². The van der Waals surface area contributed by atoms with E-state index in [1.54, 1.807) is 6.20 Å². The maximum absolute atomic E-state index is 12.7. The van der Waals surface area contributed by atoms with Gasteiger partial charge < -0.3 is 9.80 Å². The van der Waals surface area contributed by atoms with Crippen LogP contribution in [0.4, 0.5) is 15.8 Å². The van der Waals surface area contributed by atoms with Crippen molar-refractivity contribution in [1.82, 2.24) is 9.97 Å². The van der Waals surface area contributed by atoms with Crippen LogP contribution in [0.15, 0.2) is 48.9 Å². The van der Waals surface area contributed by atoms with Crippen LogP contribution in [0.1, 0.15) is 36.9 Å². The van der Waals surface area contributed by atoms with Gasteiger partial charge in [-0.2, -0.15) is 0 Å². The highest BCUT2D eigenvalue weighted by molar-refractivity contribution is 5.88. The molecule has 1 aliphatic heterocycles. The molecule has 1 aliphatic carbocycles. The minimum Gasteiger partial charge on any atom is -0.340 e. The van der Waals surface area contributed by atoms with Gasteiger partial charge in [0.25, 0.3) is 0 Å². The lowest BCUT2D eigenvalue weighted by Crippen LogP contribution is -2.45. The normalized spacial score (nSPS) is 18.1. The van der Waals surface area contributed by atoms with Crippen LogP contribution in [-0.4, -0.2) is 35.1 Å². The molecule has 0 amide bonds. The van der Waals surface area contributed by atoms with Crippen LogP contribution >= 0.6 is 0 Å². The van der Waals surface area contributed by atoms with Crippen LogP contribution in [0.25, 0.3) is 10.8 Å². The Balaban J connectivity index is 1.54. The fourth-order valence-corrected chi connectivity index (χ4v) is 4.57. The van der Waals surface area contributed by atoms with Crippen molar-refractivity contribution in [1.29, 1.82) is 0 Å². The van der Waals surface area contributed by atoms with Gasteiger partial charge in [-0.1, -0.05) is 24.3 Å². The molecule has 5 rings (SSSR count). The Hall–Kier alpha value is -3.02. The lowest BCUT2D eigenvalue weighted by Gasteiger charge is -2.29. The molecule has 0 radical (unpaired) electrons. The highest BCUT2D eigenvalue weighted by Crippen LogP contribution is 2.45. The summed E-state index contributed by atoms with van der Waals surface area (Å²) in [4.78, 5) is 25.6. The topological polar surface area (TPSA) is 49.3 Å². The fourth-order valence-electron chi connectivity index (χ4n) is 4.57. The minimum atomic E-state index is -0.344. The van der Waals surface area contributed by atoms with Crippen LogP contribution < -0.4 is 9.80 Å². The fraction of sp³-hybridized carbons (Fsp3) is 0.375. The molecule has 0 N–H and O–H groups in total. The van der Waals surface area contributed by atoms with Crippen molar-refractivity contribution in [3.05, 3.63) is 60.2 Å². The molecule has 0 bridgehead atoms. The van der Waals surface area contributed by atoms with Crippen molar-refractivity contribution in [2.24, 2.45) is 0 Å². The number of unbranched alkanes of at least 4 members (excludes halogenated alkanes) is 1. The van der Waals surface area contributed by atoms with Gasteiger partial charge in [-0.25, -0.2) is 0 Å². The number of halogens is 1. The minimum absolute atomic E-state index is 0.303. The molecule has 3 aromatic rings. The van der Waals surface area contributed by atoms with E-state index in [9.17, 15) is 9.18 Å². The van der Waals surface area contributed by atoms with Crippen LogP contribution in [0.2, 0.25) is 0 Å². The van der Waals surface area contributed by atoms with Crippen LogP contribution in [0.3, 0.4) is 0 Å². The Bertz CT molecular complexity index is 1070. The average molecular weight is 404 g/mol. The number of carbonyl (C=O) groups excluding carboxylic acids is 1. The number of nitrogens with zero attached hydrogens (tertiary/aromatic N) is 4. The summed E-state index contributed by atoms with van der Waals surface area (Å²) in [6.45, 7) is 0.226. The molecular formula is C24H25FN4O. The summed E-state index contributed by atoms with van der Waals surface area (Å²) in [7, 11) is 0. The van der Waals surface area contributed by atoms with Crippen molar-refractivity contribution < 1.29 is 9.18 Å². The first kappa shape index (κ1) is 19.0. The van der Waals surface area contributed by atoms with Gasteiger partial charge in [0.15, 0.2) is 12.5 Å². The molecule has 0 saturated heterocycles. The molecule has 2 aromatic heterocycles. The van der Waals surface area contributed by atoms with Crippen molar-refractivity contribution in [3.63, 3.8) is 0 Å². The second-order valence-corrected chi connectivity index (χ2v) is 8.10. The van der Waals surface area contributed by atoms with E-state index in [1.807, 2.05) is 30.6 Å². The van der Waals surface area contributed by atoms with Gasteiger partial charge >= 0.3 is 0 Å². The molecule has 1 fully saturated rings. The Morgan fingerprint density at radius 1 is 1.10 bits per heavy atom. The number of aldehydes is 1. The van der Waals surface area contributed by atoms with Gasteiger partial charge in [-0.05, 0) is 49.1 Å². The number of fused-ring (bicyclic) bond motifs is 2. The predicted octanol–water partition coefficient (Wildman–Crippen LogP) is 4.44.